The van der Waals surface area contributed by atoms with Crippen molar-refractivity contribution in [2.75, 3.05) is 5.75 Å². The minimum Gasteiger partial charge on any atom is -0.458 e. The van der Waals surface area contributed by atoms with E-state index in [1.807, 2.05) is 0 Å². The standard InChI is InChI=1S/C13H16O7S/c14-10(5-21(16,17)18)20-11-6-1-7-2-8-12(15)19-9(11)4-13(7,8)3-6/h6-9,11H,1-5H2,(H,16,17,18). The molecule has 4 fully saturated rings. The van der Waals surface area contributed by atoms with Crippen molar-refractivity contribution >= 4 is 22.1 Å². The number of ether oxygens (including phenoxy) is 2. The second kappa shape index (κ2) is 3.98. The van der Waals surface area contributed by atoms with Crippen LogP contribution in [0.25, 0.3) is 0 Å². The summed E-state index contributed by atoms with van der Waals surface area (Å²) in [6.07, 6.45) is 2.25. The van der Waals surface area contributed by atoms with Crippen molar-refractivity contribution in [2.45, 2.75) is 37.9 Å². The Morgan fingerprint density at radius 3 is 2.86 bits per heavy atom. The topological polar surface area (TPSA) is 107 Å². The predicted octanol–water partition coefficient (Wildman–Crippen LogP) is 0.148. The Bertz CT molecular complexity index is 626. The molecule has 3 saturated carbocycles. The first-order chi connectivity index (χ1) is 9.78. The molecule has 8 heteroatoms. The molecule has 0 aromatic carbocycles. The van der Waals surface area contributed by atoms with Gasteiger partial charge in [-0.25, -0.2) is 0 Å². The highest BCUT2D eigenvalue weighted by atomic mass is 32.2. The average Bonchev–Trinajstić information content (AvgIpc) is 2.56. The van der Waals surface area contributed by atoms with Gasteiger partial charge in [-0.1, -0.05) is 0 Å². The summed E-state index contributed by atoms with van der Waals surface area (Å²) < 4.78 is 40.8. The van der Waals surface area contributed by atoms with Crippen LogP contribution in [0.15, 0.2) is 0 Å². The first-order valence-electron chi connectivity index (χ1n) is 7.14. The summed E-state index contributed by atoms with van der Waals surface area (Å²) in [4.78, 5) is 23.6. The molecule has 21 heavy (non-hydrogen) atoms. The molecular formula is C13H16O7S. The number of carbonyl (C=O) groups is 2. The maximum atomic E-state index is 12.0. The van der Waals surface area contributed by atoms with Crippen LogP contribution in [0.2, 0.25) is 0 Å². The lowest BCUT2D eigenvalue weighted by molar-refractivity contribution is -0.220. The number of hydrogen-bond donors (Lipinski definition) is 1. The number of fused-ring (bicyclic) bond motifs is 2. The van der Waals surface area contributed by atoms with Crippen molar-refractivity contribution in [3.63, 3.8) is 0 Å². The zero-order chi connectivity index (χ0) is 15.0. The third-order valence-corrected chi connectivity index (χ3v) is 6.39. The summed E-state index contributed by atoms with van der Waals surface area (Å²) in [6, 6.07) is 0. The molecule has 3 bridgehead atoms. The largest absolute Gasteiger partial charge is 0.458 e. The zero-order valence-electron chi connectivity index (χ0n) is 11.2. The summed E-state index contributed by atoms with van der Waals surface area (Å²) >= 11 is 0. The van der Waals surface area contributed by atoms with Crippen LogP contribution in [0.5, 0.6) is 0 Å². The fourth-order valence-electron chi connectivity index (χ4n) is 5.07. The molecule has 0 aromatic heterocycles. The van der Waals surface area contributed by atoms with Gasteiger partial charge in [-0.2, -0.15) is 8.42 Å². The fourth-order valence-corrected chi connectivity index (χ4v) is 5.44. The summed E-state index contributed by atoms with van der Waals surface area (Å²) in [5, 5.41) is 0. The van der Waals surface area contributed by atoms with Gasteiger partial charge in [0.25, 0.3) is 10.1 Å². The van der Waals surface area contributed by atoms with Crippen LogP contribution in [0.4, 0.5) is 0 Å². The predicted molar refractivity (Wildman–Crippen MR) is 67.5 cm³/mol. The van der Waals surface area contributed by atoms with Crippen molar-refractivity contribution in [2.24, 2.45) is 23.2 Å². The minimum absolute atomic E-state index is 0.00165. The number of rotatable bonds is 3. The Labute approximate surface area is 121 Å². The Morgan fingerprint density at radius 2 is 2.14 bits per heavy atom. The lowest BCUT2D eigenvalue weighted by atomic mass is 9.50. The van der Waals surface area contributed by atoms with E-state index < -0.39 is 34.0 Å². The van der Waals surface area contributed by atoms with E-state index >= 15 is 0 Å². The zero-order valence-corrected chi connectivity index (χ0v) is 12.0. The van der Waals surface area contributed by atoms with E-state index in [1.165, 1.54) is 0 Å². The molecule has 4 aliphatic rings. The second-order valence-corrected chi connectivity index (χ2v) is 8.23. The van der Waals surface area contributed by atoms with E-state index in [0.29, 0.717) is 12.3 Å². The lowest BCUT2D eigenvalue weighted by Crippen LogP contribution is -2.60. The Kier molecular flexibility index (Phi) is 2.56. The molecule has 1 N–H and O–H groups in total. The molecule has 0 radical (unpaired) electrons. The van der Waals surface area contributed by atoms with E-state index in [-0.39, 0.29) is 23.2 Å². The van der Waals surface area contributed by atoms with Crippen molar-refractivity contribution in [3.05, 3.63) is 0 Å². The van der Waals surface area contributed by atoms with Gasteiger partial charge in [-0.3, -0.25) is 14.1 Å². The van der Waals surface area contributed by atoms with E-state index in [4.69, 9.17) is 14.0 Å². The monoisotopic (exact) mass is 316 g/mol. The van der Waals surface area contributed by atoms with Crippen LogP contribution in [0, 0.1) is 23.2 Å². The number of esters is 2. The van der Waals surface area contributed by atoms with Crippen molar-refractivity contribution < 1.29 is 32.0 Å². The normalized spacial score (nSPS) is 46.5. The summed E-state index contributed by atoms with van der Waals surface area (Å²) in [5.74, 6) is -1.65. The van der Waals surface area contributed by atoms with Crippen LogP contribution in [0.3, 0.4) is 0 Å². The third kappa shape index (κ3) is 1.85. The van der Waals surface area contributed by atoms with Crippen molar-refractivity contribution in [1.82, 2.24) is 0 Å². The van der Waals surface area contributed by atoms with E-state index in [2.05, 4.69) is 0 Å². The molecule has 7 nitrogen and oxygen atoms in total. The van der Waals surface area contributed by atoms with Gasteiger partial charge in [-0.15, -0.1) is 0 Å². The molecule has 0 aromatic rings. The van der Waals surface area contributed by atoms with Gasteiger partial charge in [0.15, 0.2) is 5.75 Å². The highest BCUT2D eigenvalue weighted by Crippen LogP contribution is 2.71. The van der Waals surface area contributed by atoms with Crippen molar-refractivity contribution in [1.29, 1.82) is 0 Å². The van der Waals surface area contributed by atoms with E-state index in [0.717, 1.165) is 19.3 Å². The van der Waals surface area contributed by atoms with Crippen LogP contribution < -0.4 is 0 Å². The molecule has 1 spiro atoms. The second-order valence-electron chi connectivity index (χ2n) is 6.78. The van der Waals surface area contributed by atoms with Gasteiger partial charge in [0.05, 0.1) is 5.92 Å². The first kappa shape index (κ1) is 13.5. The highest BCUT2D eigenvalue weighted by Gasteiger charge is 2.71. The Hall–Kier alpha value is -1.15. The van der Waals surface area contributed by atoms with E-state index in [9.17, 15) is 18.0 Å². The molecule has 1 saturated heterocycles. The quantitative estimate of drug-likeness (QED) is 0.583. The average molecular weight is 316 g/mol. The van der Waals surface area contributed by atoms with Gasteiger partial charge >= 0.3 is 11.9 Å². The molecule has 6 unspecified atom stereocenters. The summed E-state index contributed by atoms with van der Waals surface area (Å²) in [7, 11) is -4.41. The Morgan fingerprint density at radius 1 is 1.38 bits per heavy atom. The van der Waals surface area contributed by atoms with Crippen molar-refractivity contribution in [3.8, 4) is 0 Å². The molecule has 6 atom stereocenters. The number of carbonyl (C=O) groups excluding carboxylic acids is 2. The van der Waals surface area contributed by atoms with Gasteiger partial charge in [0.2, 0.25) is 0 Å². The van der Waals surface area contributed by atoms with Crippen LogP contribution in [0.1, 0.15) is 25.7 Å². The molecule has 4 rings (SSSR count). The summed E-state index contributed by atoms with van der Waals surface area (Å²) in [5.41, 5.74) is 0.0383. The smallest absolute Gasteiger partial charge is 0.324 e. The van der Waals surface area contributed by atoms with Gasteiger partial charge in [-0.05, 0) is 37.0 Å². The third-order valence-electron chi connectivity index (χ3n) is 5.79. The maximum Gasteiger partial charge on any atom is 0.324 e. The Balaban J connectivity index is 1.54. The SMILES string of the molecule is O=C(CS(=O)(=O)O)OC1C2CC3CC4C(=O)OC1CC34C2. The van der Waals surface area contributed by atoms with E-state index in [1.54, 1.807) is 0 Å². The van der Waals surface area contributed by atoms with Crippen LogP contribution >= 0.6 is 0 Å². The summed E-state index contributed by atoms with van der Waals surface area (Å²) in [6.45, 7) is 0. The molecule has 3 aliphatic carbocycles. The molecular weight excluding hydrogens is 300 g/mol. The lowest BCUT2D eigenvalue weighted by Gasteiger charge is -2.57. The first-order valence-corrected chi connectivity index (χ1v) is 8.74. The molecule has 0 amide bonds. The van der Waals surface area contributed by atoms with Gasteiger partial charge < -0.3 is 9.47 Å². The van der Waals surface area contributed by atoms with Gasteiger partial charge in [0.1, 0.15) is 12.2 Å². The highest BCUT2D eigenvalue weighted by molar-refractivity contribution is 7.86. The maximum absolute atomic E-state index is 12.0. The molecule has 1 heterocycles. The van der Waals surface area contributed by atoms with Crippen LogP contribution in [-0.4, -0.2) is 42.9 Å². The van der Waals surface area contributed by atoms with Gasteiger partial charge in [0, 0.05) is 5.92 Å². The number of hydrogen-bond acceptors (Lipinski definition) is 6. The fraction of sp³-hybridized carbons (Fsp3) is 0.846. The molecule has 116 valence electrons. The molecule has 1 aliphatic heterocycles. The van der Waals surface area contributed by atoms with Crippen LogP contribution in [-0.2, 0) is 29.2 Å². The minimum atomic E-state index is -4.41.